The smallest absolute Gasteiger partial charge is 0.330 e. The highest BCUT2D eigenvalue weighted by Gasteiger charge is 1.96. The standard InChI is InChI=1S/C9H13N.C5H8O2/c1-10(2)8-9-6-4-3-5-7-9;1-3-4(2)5(6)7/h3-7H,8H2,1-2H3;2-3H2,1H3,(H,6,7). The summed E-state index contributed by atoms with van der Waals surface area (Å²) in [4.78, 5) is 12.0. The quantitative estimate of drug-likeness (QED) is 0.816. The van der Waals surface area contributed by atoms with Gasteiger partial charge in [0.15, 0.2) is 0 Å². The normalized spacial score (nSPS) is 9.41. The Kier molecular flexibility index (Phi) is 7.72. The topological polar surface area (TPSA) is 40.5 Å². The van der Waals surface area contributed by atoms with Crippen molar-refractivity contribution in [2.45, 2.75) is 19.9 Å². The molecule has 3 heteroatoms. The number of benzene rings is 1. The molecule has 0 unspecified atom stereocenters. The van der Waals surface area contributed by atoms with Gasteiger partial charge < -0.3 is 10.0 Å². The summed E-state index contributed by atoms with van der Waals surface area (Å²) in [6.07, 6.45) is 0.523. The van der Waals surface area contributed by atoms with E-state index in [1.807, 2.05) is 6.07 Å². The summed E-state index contributed by atoms with van der Waals surface area (Å²) in [7, 11) is 4.15. The van der Waals surface area contributed by atoms with E-state index in [0.29, 0.717) is 6.42 Å². The molecule has 0 aromatic heterocycles. The summed E-state index contributed by atoms with van der Waals surface area (Å²) in [5.74, 6) is -0.900. The fraction of sp³-hybridized carbons (Fsp3) is 0.357. The zero-order chi connectivity index (χ0) is 13.3. The molecule has 0 heterocycles. The number of hydrogen-bond acceptors (Lipinski definition) is 2. The monoisotopic (exact) mass is 235 g/mol. The lowest BCUT2D eigenvalue weighted by Gasteiger charge is -2.08. The molecule has 0 aliphatic carbocycles. The van der Waals surface area contributed by atoms with Gasteiger partial charge in [-0.05, 0) is 26.1 Å². The van der Waals surface area contributed by atoms with Crippen LogP contribution in [0.3, 0.4) is 0 Å². The molecule has 1 N–H and O–H groups in total. The molecule has 0 amide bonds. The van der Waals surface area contributed by atoms with Gasteiger partial charge in [-0.15, -0.1) is 0 Å². The maximum absolute atomic E-state index is 9.83. The largest absolute Gasteiger partial charge is 0.478 e. The molecule has 1 aromatic carbocycles. The number of carboxylic acids is 1. The van der Waals surface area contributed by atoms with Gasteiger partial charge in [0.2, 0.25) is 0 Å². The van der Waals surface area contributed by atoms with Gasteiger partial charge in [-0.3, -0.25) is 0 Å². The van der Waals surface area contributed by atoms with Crippen LogP contribution in [0.15, 0.2) is 42.5 Å². The molecule has 1 rings (SSSR count). The molecule has 17 heavy (non-hydrogen) atoms. The van der Waals surface area contributed by atoms with Gasteiger partial charge in [0.1, 0.15) is 0 Å². The first-order valence-electron chi connectivity index (χ1n) is 5.57. The first-order valence-corrected chi connectivity index (χ1v) is 5.57. The van der Waals surface area contributed by atoms with Crippen LogP contribution in [0.1, 0.15) is 18.9 Å². The van der Waals surface area contributed by atoms with Crippen LogP contribution in [0.2, 0.25) is 0 Å². The van der Waals surface area contributed by atoms with Gasteiger partial charge in [0.05, 0.1) is 0 Å². The fourth-order valence-electron chi connectivity index (χ4n) is 1.10. The third-order valence-electron chi connectivity index (χ3n) is 2.07. The molecule has 0 spiro atoms. The van der Waals surface area contributed by atoms with Crippen molar-refractivity contribution in [3.63, 3.8) is 0 Å². The van der Waals surface area contributed by atoms with Crippen LogP contribution in [0.5, 0.6) is 0 Å². The maximum Gasteiger partial charge on any atom is 0.330 e. The van der Waals surface area contributed by atoms with E-state index in [4.69, 9.17) is 5.11 Å². The molecule has 0 bridgehead atoms. The molecular weight excluding hydrogens is 214 g/mol. The average Bonchev–Trinajstić information content (AvgIpc) is 2.29. The SMILES string of the molecule is C=C(CC)C(=O)O.CN(C)Cc1ccccc1. The average molecular weight is 235 g/mol. The van der Waals surface area contributed by atoms with Crippen molar-refractivity contribution in [1.82, 2.24) is 4.90 Å². The summed E-state index contributed by atoms with van der Waals surface area (Å²) in [5.41, 5.74) is 1.63. The van der Waals surface area contributed by atoms with Gasteiger partial charge in [-0.25, -0.2) is 4.79 Å². The van der Waals surface area contributed by atoms with Gasteiger partial charge in [-0.2, -0.15) is 0 Å². The Labute approximate surface area is 103 Å². The van der Waals surface area contributed by atoms with E-state index in [-0.39, 0.29) is 5.57 Å². The second kappa shape index (κ2) is 8.53. The van der Waals surface area contributed by atoms with Crippen molar-refractivity contribution in [3.8, 4) is 0 Å². The predicted octanol–water partition coefficient (Wildman–Crippen LogP) is 2.79. The van der Waals surface area contributed by atoms with Crippen LogP contribution >= 0.6 is 0 Å². The zero-order valence-electron chi connectivity index (χ0n) is 10.8. The van der Waals surface area contributed by atoms with Crippen LogP contribution in [0.4, 0.5) is 0 Å². The number of rotatable bonds is 4. The van der Waals surface area contributed by atoms with Gasteiger partial charge >= 0.3 is 5.97 Å². The van der Waals surface area contributed by atoms with Crippen LogP contribution in [0.25, 0.3) is 0 Å². The number of carbonyl (C=O) groups is 1. The minimum atomic E-state index is -0.900. The molecule has 0 fully saturated rings. The van der Waals surface area contributed by atoms with Crippen molar-refractivity contribution < 1.29 is 9.90 Å². The lowest BCUT2D eigenvalue weighted by Crippen LogP contribution is -2.10. The second-order valence-electron chi connectivity index (χ2n) is 3.99. The number of carboxylic acid groups (broad SMARTS) is 1. The number of nitrogens with zero attached hydrogens (tertiary/aromatic N) is 1. The second-order valence-corrected chi connectivity index (χ2v) is 3.99. The van der Waals surface area contributed by atoms with Crippen molar-refractivity contribution in [2.75, 3.05) is 14.1 Å². The van der Waals surface area contributed by atoms with E-state index >= 15 is 0 Å². The third-order valence-corrected chi connectivity index (χ3v) is 2.07. The number of hydrogen-bond donors (Lipinski definition) is 1. The van der Waals surface area contributed by atoms with Gasteiger partial charge in [-0.1, -0.05) is 43.8 Å². The lowest BCUT2D eigenvalue weighted by atomic mass is 10.2. The Balaban J connectivity index is 0.000000325. The van der Waals surface area contributed by atoms with Crippen molar-refractivity contribution in [1.29, 1.82) is 0 Å². The molecule has 0 saturated heterocycles. The van der Waals surface area contributed by atoms with E-state index in [0.717, 1.165) is 6.54 Å². The summed E-state index contributed by atoms with van der Waals surface area (Å²) in [6.45, 7) is 6.06. The highest BCUT2D eigenvalue weighted by molar-refractivity contribution is 5.85. The Bertz CT molecular complexity index is 344. The van der Waals surface area contributed by atoms with E-state index < -0.39 is 5.97 Å². The highest BCUT2D eigenvalue weighted by Crippen LogP contribution is 1.99. The van der Waals surface area contributed by atoms with Crippen LogP contribution < -0.4 is 0 Å². The van der Waals surface area contributed by atoms with Gasteiger partial charge in [0, 0.05) is 12.1 Å². The predicted molar refractivity (Wildman–Crippen MR) is 70.9 cm³/mol. The lowest BCUT2D eigenvalue weighted by molar-refractivity contribution is -0.132. The maximum atomic E-state index is 9.83. The highest BCUT2D eigenvalue weighted by atomic mass is 16.4. The molecule has 1 aromatic rings. The number of aliphatic carboxylic acids is 1. The van der Waals surface area contributed by atoms with Crippen LogP contribution in [-0.2, 0) is 11.3 Å². The van der Waals surface area contributed by atoms with Crippen LogP contribution in [-0.4, -0.2) is 30.1 Å². The Morgan fingerprint density at radius 1 is 1.29 bits per heavy atom. The minimum Gasteiger partial charge on any atom is -0.478 e. The molecule has 0 atom stereocenters. The Hall–Kier alpha value is -1.61. The molecule has 0 aliphatic rings. The zero-order valence-corrected chi connectivity index (χ0v) is 10.8. The van der Waals surface area contributed by atoms with Crippen molar-refractivity contribution in [2.24, 2.45) is 0 Å². The summed E-state index contributed by atoms with van der Waals surface area (Å²) in [6, 6.07) is 10.5. The molecule has 0 radical (unpaired) electrons. The van der Waals surface area contributed by atoms with Crippen molar-refractivity contribution >= 4 is 5.97 Å². The Morgan fingerprint density at radius 2 is 1.82 bits per heavy atom. The first kappa shape index (κ1) is 15.4. The van der Waals surface area contributed by atoms with Gasteiger partial charge in [0.25, 0.3) is 0 Å². The van der Waals surface area contributed by atoms with E-state index in [1.54, 1.807) is 6.92 Å². The molecule has 0 saturated carbocycles. The molecular formula is C14H21NO2. The summed E-state index contributed by atoms with van der Waals surface area (Å²) >= 11 is 0. The molecule has 3 nitrogen and oxygen atoms in total. The van der Waals surface area contributed by atoms with E-state index in [2.05, 4.69) is 49.8 Å². The van der Waals surface area contributed by atoms with Crippen LogP contribution in [0, 0.1) is 0 Å². The molecule has 0 aliphatic heterocycles. The summed E-state index contributed by atoms with van der Waals surface area (Å²) < 4.78 is 0. The summed E-state index contributed by atoms with van der Waals surface area (Å²) in [5, 5.41) is 8.08. The Morgan fingerprint density at radius 3 is 2.12 bits per heavy atom. The van der Waals surface area contributed by atoms with E-state index in [1.165, 1.54) is 5.56 Å². The van der Waals surface area contributed by atoms with E-state index in [9.17, 15) is 4.79 Å². The fourth-order valence-corrected chi connectivity index (χ4v) is 1.10. The van der Waals surface area contributed by atoms with Crippen molar-refractivity contribution in [3.05, 3.63) is 48.0 Å². The first-order chi connectivity index (χ1) is 7.97. The minimum absolute atomic E-state index is 0.264. The third kappa shape index (κ3) is 8.22. The molecule has 94 valence electrons.